The number of benzene rings is 2. The molecule has 0 radical (unpaired) electrons. The summed E-state index contributed by atoms with van der Waals surface area (Å²) in [5, 5.41) is 2.87. The third-order valence-corrected chi connectivity index (χ3v) is 6.36. The van der Waals surface area contributed by atoms with E-state index >= 15 is 0 Å². The van der Waals surface area contributed by atoms with Crippen molar-refractivity contribution in [3.8, 4) is 0 Å². The molecule has 2 aromatic carbocycles. The average Bonchev–Trinajstić information content (AvgIpc) is 2.91. The predicted octanol–water partition coefficient (Wildman–Crippen LogP) is 3.35. The Morgan fingerprint density at radius 2 is 1.59 bits per heavy atom. The summed E-state index contributed by atoms with van der Waals surface area (Å²) in [4.78, 5) is 43.1. The van der Waals surface area contributed by atoms with Crippen molar-refractivity contribution >= 4 is 17.8 Å². The molecule has 0 saturated heterocycles. The van der Waals surface area contributed by atoms with Gasteiger partial charge in [-0.3, -0.25) is 9.59 Å². The van der Waals surface area contributed by atoms with Crippen LogP contribution in [0.3, 0.4) is 0 Å². The lowest BCUT2D eigenvalue weighted by Crippen LogP contribution is -2.63. The van der Waals surface area contributed by atoms with Crippen molar-refractivity contribution in [2.75, 3.05) is 13.1 Å². The maximum Gasteiger partial charge on any atom is 0.493 e. The molecule has 5 N–H and O–H groups in total. The van der Waals surface area contributed by atoms with Gasteiger partial charge < -0.3 is 21.6 Å². The van der Waals surface area contributed by atoms with Crippen LogP contribution in [0.15, 0.2) is 54.6 Å². The second kappa shape index (κ2) is 14.6. The Morgan fingerprint density at radius 3 is 2.18 bits per heavy atom. The number of amides is 2. The Labute approximate surface area is 226 Å². The van der Waals surface area contributed by atoms with Gasteiger partial charge in [-0.15, -0.1) is 0 Å². The van der Waals surface area contributed by atoms with Crippen molar-refractivity contribution in [1.29, 1.82) is 0 Å². The smallest absolute Gasteiger partial charge is 0.354 e. The molecule has 11 heteroatoms. The molecule has 214 valence electrons. The third-order valence-electron chi connectivity index (χ3n) is 6.36. The molecule has 0 aliphatic heterocycles. The van der Waals surface area contributed by atoms with Gasteiger partial charge in [-0.25, -0.2) is 4.79 Å². The summed E-state index contributed by atoms with van der Waals surface area (Å²) in [6, 6.07) is 15.6. The topological polar surface area (TPSA) is 128 Å². The molecule has 0 aliphatic rings. The van der Waals surface area contributed by atoms with Gasteiger partial charge in [-0.05, 0) is 70.0 Å². The number of alkyl halides is 3. The fourth-order valence-corrected chi connectivity index (χ4v) is 3.96. The Balaban J connectivity index is 2.22. The zero-order valence-corrected chi connectivity index (χ0v) is 22.3. The van der Waals surface area contributed by atoms with Crippen LogP contribution in [0.25, 0.3) is 0 Å². The number of aryl methyl sites for hydroxylation is 3. The lowest BCUT2D eigenvalue weighted by Gasteiger charge is -2.39. The number of nitrogens with one attached hydrogen (secondary N) is 1. The largest absolute Gasteiger partial charge is 0.493 e. The van der Waals surface area contributed by atoms with Gasteiger partial charge in [0, 0.05) is 6.54 Å². The first-order chi connectivity index (χ1) is 18.4. The number of nitrogens with two attached hydrogens (primary N) is 2. The fourth-order valence-electron chi connectivity index (χ4n) is 3.96. The second-order valence-corrected chi connectivity index (χ2v) is 9.65. The maximum absolute atomic E-state index is 13.3. The zero-order valence-electron chi connectivity index (χ0n) is 22.3. The zero-order chi connectivity index (χ0) is 29.1. The molecule has 2 aromatic rings. The summed E-state index contributed by atoms with van der Waals surface area (Å²) in [7, 11) is 0. The number of hydroxylamine groups is 2. The highest BCUT2D eigenvalue weighted by atomic mass is 19.4. The molecule has 0 fully saturated rings. The molecule has 0 aromatic heterocycles. The second-order valence-electron chi connectivity index (χ2n) is 9.65. The minimum atomic E-state index is -5.40. The van der Waals surface area contributed by atoms with Gasteiger partial charge in [0.25, 0.3) is 5.91 Å². The van der Waals surface area contributed by atoms with E-state index in [1.807, 2.05) is 49.4 Å². The normalized spacial score (nSPS) is 13.7. The number of nitrogens with zero attached hydrogens (tertiary/aromatic N) is 1. The van der Waals surface area contributed by atoms with Gasteiger partial charge in [0.1, 0.15) is 0 Å². The van der Waals surface area contributed by atoms with E-state index in [0.717, 1.165) is 16.7 Å². The molecule has 0 saturated carbocycles. The minimum Gasteiger partial charge on any atom is -0.354 e. The van der Waals surface area contributed by atoms with Crippen molar-refractivity contribution in [2.45, 2.75) is 70.1 Å². The number of hydrogen-bond donors (Lipinski definition) is 3. The SMILES string of the molecule is Cc1ccc(CCCNC(=O)[C@](C)(CCCN)N(OC(=O)C(F)(F)F)C(=O)[C@@H](N)CCc2ccccc2)cc1. The predicted molar refractivity (Wildman–Crippen MR) is 141 cm³/mol. The average molecular weight is 551 g/mol. The van der Waals surface area contributed by atoms with E-state index in [1.165, 1.54) is 6.92 Å². The van der Waals surface area contributed by atoms with Gasteiger partial charge in [0.2, 0.25) is 5.91 Å². The van der Waals surface area contributed by atoms with Crippen molar-refractivity contribution < 1.29 is 32.4 Å². The highest BCUT2D eigenvalue weighted by Gasteiger charge is 2.50. The van der Waals surface area contributed by atoms with Crippen LogP contribution < -0.4 is 16.8 Å². The summed E-state index contributed by atoms with van der Waals surface area (Å²) >= 11 is 0. The highest BCUT2D eigenvalue weighted by molar-refractivity contribution is 5.93. The third kappa shape index (κ3) is 9.67. The van der Waals surface area contributed by atoms with E-state index in [-0.39, 0.29) is 37.4 Å². The summed E-state index contributed by atoms with van der Waals surface area (Å²) in [5.41, 5.74) is 12.7. The van der Waals surface area contributed by atoms with Gasteiger partial charge in [0.15, 0.2) is 5.54 Å². The molecular formula is C28H37F3N4O4. The summed E-state index contributed by atoms with van der Waals surface area (Å²) in [6.45, 7) is 3.48. The van der Waals surface area contributed by atoms with E-state index in [0.29, 0.717) is 19.3 Å². The van der Waals surface area contributed by atoms with Crippen molar-refractivity contribution in [2.24, 2.45) is 11.5 Å². The molecule has 2 rings (SSSR count). The van der Waals surface area contributed by atoms with Crippen LogP contribution in [-0.2, 0) is 32.1 Å². The van der Waals surface area contributed by atoms with Crippen LogP contribution in [0, 0.1) is 6.92 Å². The fraction of sp³-hybridized carbons (Fsp3) is 0.464. The summed E-state index contributed by atoms with van der Waals surface area (Å²) < 4.78 is 39.5. The monoisotopic (exact) mass is 550 g/mol. The maximum atomic E-state index is 13.3. The van der Waals surface area contributed by atoms with Crippen LogP contribution in [0.4, 0.5) is 13.2 Å². The number of hydrogen-bond acceptors (Lipinski definition) is 6. The van der Waals surface area contributed by atoms with Crippen LogP contribution in [0.5, 0.6) is 0 Å². The molecule has 8 nitrogen and oxygen atoms in total. The number of rotatable bonds is 13. The highest BCUT2D eigenvalue weighted by Crippen LogP contribution is 2.27. The van der Waals surface area contributed by atoms with E-state index in [9.17, 15) is 27.6 Å². The molecule has 39 heavy (non-hydrogen) atoms. The van der Waals surface area contributed by atoms with Gasteiger partial charge >= 0.3 is 12.1 Å². The standard InChI is InChI=1S/C28H37F3N4O4/c1-20-11-13-22(14-12-20)10-6-19-34-25(37)27(2,17-7-18-32)35(39-26(38)28(29,30)31)24(36)23(33)16-15-21-8-4-3-5-9-21/h3-5,8-9,11-14,23H,6-7,10,15-19,32-33H2,1-2H3,(H,34,37)/t23-,27-/m0/s1. The molecule has 0 spiro atoms. The van der Waals surface area contributed by atoms with Crippen LogP contribution in [0.2, 0.25) is 0 Å². The quantitative estimate of drug-likeness (QED) is 0.259. The Kier molecular flexibility index (Phi) is 11.9. The van der Waals surface area contributed by atoms with Gasteiger partial charge in [-0.1, -0.05) is 60.2 Å². The van der Waals surface area contributed by atoms with E-state index < -0.39 is 35.5 Å². The Morgan fingerprint density at radius 1 is 0.974 bits per heavy atom. The van der Waals surface area contributed by atoms with Crippen molar-refractivity contribution in [3.63, 3.8) is 0 Å². The van der Waals surface area contributed by atoms with Gasteiger partial charge in [0.05, 0.1) is 6.04 Å². The Hall–Kier alpha value is -3.44. The lowest BCUT2D eigenvalue weighted by molar-refractivity contribution is -0.253. The molecule has 2 atom stereocenters. The molecule has 0 bridgehead atoms. The lowest BCUT2D eigenvalue weighted by atomic mass is 9.92. The molecule has 0 heterocycles. The van der Waals surface area contributed by atoms with Crippen LogP contribution in [0.1, 0.15) is 49.3 Å². The van der Waals surface area contributed by atoms with Gasteiger partial charge in [-0.2, -0.15) is 18.2 Å². The van der Waals surface area contributed by atoms with Crippen molar-refractivity contribution in [1.82, 2.24) is 10.4 Å². The number of halogens is 3. The molecule has 0 aliphatic carbocycles. The van der Waals surface area contributed by atoms with Crippen LogP contribution >= 0.6 is 0 Å². The first-order valence-corrected chi connectivity index (χ1v) is 12.8. The molecular weight excluding hydrogens is 513 g/mol. The Bertz CT molecular complexity index is 1080. The van der Waals surface area contributed by atoms with E-state index in [2.05, 4.69) is 10.2 Å². The first kappa shape index (κ1) is 31.8. The van der Waals surface area contributed by atoms with E-state index in [4.69, 9.17) is 11.5 Å². The van der Waals surface area contributed by atoms with Crippen LogP contribution in [-0.4, -0.2) is 53.7 Å². The summed E-state index contributed by atoms with van der Waals surface area (Å²) in [5.74, 6) is -4.52. The molecule has 2 amide bonds. The number of carbonyl (C=O) groups excluding carboxylic acids is 3. The summed E-state index contributed by atoms with van der Waals surface area (Å²) in [6.07, 6.45) is -3.81. The molecule has 0 unspecified atom stereocenters. The van der Waals surface area contributed by atoms with Crippen molar-refractivity contribution in [3.05, 3.63) is 71.3 Å². The van der Waals surface area contributed by atoms with E-state index in [1.54, 1.807) is 12.1 Å². The number of carbonyl (C=O) groups is 3. The first-order valence-electron chi connectivity index (χ1n) is 12.8. The minimum absolute atomic E-state index is 0.0497.